The molecule has 0 aliphatic heterocycles. The third kappa shape index (κ3) is 4.78. The zero-order chi connectivity index (χ0) is 16.2. The number of anilines is 1. The summed E-state index contributed by atoms with van der Waals surface area (Å²) in [6, 6.07) is 3.25. The van der Waals surface area contributed by atoms with Gasteiger partial charge in [0.2, 0.25) is 0 Å². The Morgan fingerprint density at radius 2 is 1.86 bits per heavy atom. The molecule has 0 fully saturated rings. The summed E-state index contributed by atoms with van der Waals surface area (Å²) in [7, 11) is 2.96. The number of carbonyl (C=O) groups is 1. The van der Waals surface area contributed by atoms with E-state index in [0.29, 0.717) is 22.7 Å². The molecule has 0 heterocycles. The molecule has 0 bridgehead atoms. The van der Waals surface area contributed by atoms with E-state index < -0.39 is 11.7 Å². The lowest BCUT2D eigenvalue weighted by atomic mass is 10.1. The van der Waals surface area contributed by atoms with E-state index in [1.807, 2.05) is 0 Å². The van der Waals surface area contributed by atoms with Crippen LogP contribution in [-0.4, -0.2) is 30.9 Å². The Kier molecular flexibility index (Phi) is 5.37. The Bertz CT molecular complexity index is 553. The molecule has 1 aromatic rings. The van der Waals surface area contributed by atoms with Gasteiger partial charge >= 0.3 is 6.09 Å². The highest BCUT2D eigenvalue weighted by Gasteiger charge is 2.20. The minimum Gasteiger partial charge on any atom is -0.493 e. The fourth-order valence-electron chi connectivity index (χ4n) is 1.61. The first-order valence-corrected chi connectivity index (χ1v) is 6.64. The molecular formula is C14H20N2O4S. The molecule has 7 heteroatoms. The zero-order valence-corrected chi connectivity index (χ0v) is 13.6. The molecule has 3 N–H and O–H groups in total. The number of amides is 1. The lowest BCUT2D eigenvalue weighted by molar-refractivity contribution is 0.0635. The summed E-state index contributed by atoms with van der Waals surface area (Å²) in [6.45, 7) is 5.32. The van der Waals surface area contributed by atoms with Gasteiger partial charge in [-0.2, -0.15) is 0 Å². The Balaban J connectivity index is 3.17. The summed E-state index contributed by atoms with van der Waals surface area (Å²) in [5, 5.41) is 2.61. The van der Waals surface area contributed by atoms with E-state index in [2.05, 4.69) is 5.32 Å². The molecule has 0 saturated heterocycles. The molecule has 0 aliphatic rings. The van der Waals surface area contributed by atoms with Crippen LogP contribution >= 0.6 is 12.2 Å². The second-order valence-corrected chi connectivity index (χ2v) is 5.69. The van der Waals surface area contributed by atoms with Crippen LogP contribution < -0.4 is 20.5 Å². The minimum absolute atomic E-state index is 0.184. The number of nitrogens with one attached hydrogen (secondary N) is 1. The van der Waals surface area contributed by atoms with Crippen LogP contribution in [0, 0.1) is 0 Å². The van der Waals surface area contributed by atoms with E-state index in [1.165, 1.54) is 14.2 Å². The highest BCUT2D eigenvalue weighted by molar-refractivity contribution is 7.80. The van der Waals surface area contributed by atoms with Crippen molar-refractivity contribution in [2.45, 2.75) is 26.4 Å². The number of methoxy groups -OCH3 is 2. The van der Waals surface area contributed by atoms with Crippen molar-refractivity contribution in [2.75, 3.05) is 19.5 Å². The van der Waals surface area contributed by atoms with Crippen LogP contribution in [-0.2, 0) is 4.74 Å². The lowest BCUT2D eigenvalue weighted by Gasteiger charge is -2.21. The fraction of sp³-hybridized carbons (Fsp3) is 0.429. The summed E-state index contributed by atoms with van der Waals surface area (Å²) in [6.07, 6.45) is -0.608. The maximum absolute atomic E-state index is 11.9. The second-order valence-electron chi connectivity index (χ2n) is 5.25. The smallest absolute Gasteiger partial charge is 0.412 e. The molecule has 0 aromatic heterocycles. The molecule has 1 amide bonds. The van der Waals surface area contributed by atoms with Crippen LogP contribution in [0.3, 0.4) is 0 Å². The first-order chi connectivity index (χ1) is 9.67. The largest absolute Gasteiger partial charge is 0.493 e. The molecule has 0 unspecified atom stereocenters. The van der Waals surface area contributed by atoms with Crippen molar-refractivity contribution in [1.82, 2.24) is 0 Å². The highest BCUT2D eigenvalue weighted by Crippen LogP contribution is 2.36. The quantitative estimate of drug-likeness (QED) is 0.832. The molecule has 6 nitrogen and oxygen atoms in total. The summed E-state index contributed by atoms with van der Waals surface area (Å²) >= 11 is 4.95. The van der Waals surface area contributed by atoms with Crippen LogP contribution in [0.25, 0.3) is 0 Å². The summed E-state index contributed by atoms with van der Waals surface area (Å²) in [5.74, 6) is 0.775. The van der Waals surface area contributed by atoms with Gasteiger partial charge in [-0.3, -0.25) is 5.32 Å². The first kappa shape index (κ1) is 17.0. The number of hydrogen-bond donors (Lipinski definition) is 2. The topological polar surface area (TPSA) is 82.8 Å². The molecule has 0 radical (unpaired) electrons. The second kappa shape index (κ2) is 6.62. The van der Waals surface area contributed by atoms with Crippen LogP contribution in [0.5, 0.6) is 11.5 Å². The van der Waals surface area contributed by atoms with Crippen molar-refractivity contribution in [2.24, 2.45) is 5.73 Å². The van der Waals surface area contributed by atoms with Gasteiger partial charge in [-0.1, -0.05) is 12.2 Å². The zero-order valence-electron chi connectivity index (χ0n) is 12.8. The normalized spacial score (nSPS) is 10.7. The van der Waals surface area contributed by atoms with Crippen molar-refractivity contribution in [1.29, 1.82) is 0 Å². The number of ether oxygens (including phenoxy) is 3. The van der Waals surface area contributed by atoms with Gasteiger partial charge in [0.05, 0.1) is 19.9 Å². The van der Waals surface area contributed by atoms with Gasteiger partial charge in [-0.05, 0) is 32.9 Å². The number of carbonyl (C=O) groups excluding carboxylic acids is 1. The molecule has 116 valence electrons. The number of rotatable bonds is 4. The van der Waals surface area contributed by atoms with Crippen molar-refractivity contribution in [3.63, 3.8) is 0 Å². The SMILES string of the molecule is COc1cc(C(N)=S)cc(NC(=O)OC(C)(C)C)c1OC. The third-order valence-electron chi connectivity index (χ3n) is 2.40. The van der Waals surface area contributed by atoms with Gasteiger partial charge in [-0.15, -0.1) is 0 Å². The van der Waals surface area contributed by atoms with Crippen molar-refractivity contribution >= 4 is 29.0 Å². The number of thiocarbonyl (C=S) groups is 1. The lowest BCUT2D eigenvalue weighted by Crippen LogP contribution is -2.27. The van der Waals surface area contributed by atoms with E-state index in [9.17, 15) is 4.79 Å². The van der Waals surface area contributed by atoms with Gasteiger partial charge in [0.25, 0.3) is 0 Å². The Morgan fingerprint density at radius 3 is 2.29 bits per heavy atom. The Hall–Kier alpha value is -2.02. The standard InChI is InChI=1S/C14H20N2O4S/c1-14(2,3)20-13(17)16-9-6-8(12(15)21)7-10(18-4)11(9)19-5/h6-7H,1-5H3,(H2,15,21)(H,16,17). The fourth-order valence-corrected chi connectivity index (χ4v) is 1.73. The molecule has 1 aromatic carbocycles. The molecule has 0 atom stereocenters. The van der Waals surface area contributed by atoms with Gasteiger partial charge in [-0.25, -0.2) is 4.79 Å². The Morgan fingerprint density at radius 1 is 1.24 bits per heavy atom. The van der Waals surface area contributed by atoms with Crippen LogP contribution in [0.1, 0.15) is 26.3 Å². The predicted molar refractivity (Wildman–Crippen MR) is 85.3 cm³/mol. The van der Waals surface area contributed by atoms with Crippen LogP contribution in [0.2, 0.25) is 0 Å². The van der Waals surface area contributed by atoms with Gasteiger partial charge in [0.15, 0.2) is 11.5 Å². The van der Waals surface area contributed by atoms with E-state index >= 15 is 0 Å². The predicted octanol–water partition coefficient (Wildman–Crippen LogP) is 2.69. The first-order valence-electron chi connectivity index (χ1n) is 6.23. The minimum atomic E-state index is -0.609. The van der Waals surface area contributed by atoms with Crippen molar-refractivity contribution in [3.8, 4) is 11.5 Å². The van der Waals surface area contributed by atoms with Crippen LogP contribution in [0.4, 0.5) is 10.5 Å². The van der Waals surface area contributed by atoms with Gasteiger partial charge in [0.1, 0.15) is 10.6 Å². The Labute approximate surface area is 129 Å². The van der Waals surface area contributed by atoms with Gasteiger partial charge in [0, 0.05) is 5.56 Å². The molecule has 21 heavy (non-hydrogen) atoms. The number of hydrogen-bond acceptors (Lipinski definition) is 5. The molecule has 0 spiro atoms. The molecule has 0 aliphatic carbocycles. The van der Waals surface area contributed by atoms with E-state index in [0.717, 1.165) is 0 Å². The van der Waals surface area contributed by atoms with E-state index in [-0.39, 0.29) is 4.99 Å². The molecule has 0 saturated carbocycles. The van der Waals surface area contributed by atoms with Crippen LogP contribution in [0.15, 0.2) is 12.1 Å². The molecular weight excluding hydrogens is 292 g/mol. The monoisotopic (exact) mass is 312 g/mol. The summed E-state index contributed by atoms with van der Waals surface area (Å²) in [4.78, 5) is 12.1. The van der Waals surface area contributed by atoms with E-state index in [4.69, 9.17) is 32.2 Å². The maximum Gasteiger partial charge on any atom is 0.412 e. The number of nitrogens with two attached hydrogens (primary N) is 1. The van der Waals surface area contributed by atoms with E-state index in [1.54, 1.807) is 32.9 Å². The summed E-state index contributed by atoms with van der Waals surface area (Å²) in [5.41, 5.74) is 5.93. The van der Waals surface area contributed by atoms with Gasteiger partial charge < -0.3 is 19.9 Å². The highest BCUT2D eigenvalue weighted by atomic mass is 32.1. The average molecular weight is 312 g/mol. The van der Waals surface area contributed by atoms with Crippen molar-refractivity contribution in [3.05, 3.63) is 17.7 Å². The maximum atomic E-state index is 11.9. The summed E-state index contributed by atoms with van der Waals surface area (Å²) < 4.78 is 15.7. The third-order valence-corrected chi connectivity index (χ3v) is 2.63. The molecule has 1 rings (SSSR count). The number of benzene rings is 1. The average Bonchev–Trinajstić information content (AvgIpc) is 2.35. The van der Waals surface area contributed by atoms with Crippen molar-refractivity contribution < 1.29 is 19.0 Å².